The molecule has 5 nitrogen and oxygen atoms in total. The van der Waals surface area contributed by atoms with Crippen molar-refractivity contribution < 1.29 is 9.53 Å². The predicted molar refractivity (Wildman–Crippen MR) is 90.5 cm³/mol. The molecule has 1 aromatic rings. The first-order valence-corrected chi connectivity index (χ1v) is 8.55. The number of methoxy groups -OCH3 is 1. The maximum Gasteiger partial charge on any atom is 0.237 e. The standard InChI is InChI=1S/C18H27N3O2/c1-14(18(22)19-16-6-7-16)21-10-8-20(9-11-21)13-15-4-3-5-17(12-15)23-2/h3-5,12,14,16H,6-11,13H2,1-2H3,(H,19,22). The predicted octanol–water partition coefficient (Wildman–Crippen LogP) is 1.48. The summed E-state index contributed by atoms with van der Waals surface area (Å²) in [5.74, 6) is 1.10. The lowest BCUT2D eigenvalue weighted by atomic mass is 10.1. The van der Waals surface area contributed by atoms with Crippen LogP contribution in [0.2, 0.25) is 0 Å². The molecule has 3 rings (SSSR count). The van der Waals surface area contributed by atoms with E-state index in [1.165, 1.54) is 5.56 Å². The SMILES string of the molecule is COc1cccc(CN2CCN(C(C)C(=O)NC3CC3)CC2)c1. The molecule has 1 saturated carbocycles. The quantitative estimate of drug-likeness (QED) is 0.863. The van der Waals surface area contributed by atoms with Gasteiger partial charge in [0.1, 0.15) is 5.75 Å². The molecular weight excluding hydrogens is 290 g/mol. The number of amides is 1. The molecule has 1 unspecified atom stereocenters. The lowest BCUT2D eigenvalue weighted by Crippen LogP contribution is -2.53. The highest BCUT2D eigenvalue weighted by atomic mass is 16.5. The lowest BCUT2D eigenvalue weighted by Gasteiger charge is -2.37. The van der Waals surface area contributed by atoms with Crippen molar-refractivity contribution in [3.63, 3.8) is 0 Å². The molecular formula is C18H27N3O2. The van der Waals surface area contributed by atoms with Crippen LogP contribution >= 0.6 is 0 Å². The normalized spacial score (nSPS) is 21.0. The topological polar surface area (TPSA) is 44.8 Å². The van der Waals surface area contributed by atoms with Gasteiger partial charge in [0, 0.05) is 38.8 Å². The second kappa shape index (κ2) is 7.32. The molecule has 23 heavy (non-hydrogen) atoms. The third-order valence-corrected chi connectivity index (χ3v) is 4.80. The van der Waals surface area contributed by atoms with Crippen LogP contribution < -0.4 is 10.1 Å². The third-order valence-electron chi connectivity index (χ3n) is 4.80. The molecule has 1 aromatic carbocycles. The number of benzene rings is 1. The van der Waals surface area contributed by atoms with E-state index in [1.807, 2.05) is 19.1 Å². The Morgan fingerprint density at radius 1 is 1.30 bits per heavy atom. The van der Waals surface area contributed by atoms with Gasteiger partial charge in [-0.2, -0.15) is 0 Å². The Morgan fingerprint density at radius 2 is 2.04 bits per heavy atom. The van der Waals surface area contributed by atoms with E-state index in [1.54, 1.807) is 7.11 Å². The molecule has 1 heterocycles. The van der Waals surface area contributed by atoms with Gasteiger partial charge in [0.05, 0.1) is 13.2 Å². The minimum atomic E-state index is -0.0189. The summed E-state index contributed by atoms with van der Waals surface area (Å²) in [6.07, 6.45) is 2.29. The van der Waals surface area contributed by atoms with E-state index in [0.29, 0.717) is 6.04 Å². The van der Waals surface area contributed by atoms with Crippen molar-refractivity contribution in [2.45, 2.75) is 38.4 Å². The van der Waals surface area contributed by atoms with Crippen molar-refractivity contribution >= 4 is 5.91 Å². The van der Waals surface area contributed by atoms with Gasteiger partial charge in [-0.25, -0.2) is 0 Å². The van der Waals surface area contributed by atoms with Gasteiger partial charge in [0.15, 0.2) is 0 Å². The van der Waals surface area contributed by atoms with Crippen LogP contribution in [-0.4, -0.2) is 61.1 Å². The maximum absolute atomic E-state index is 12.2. The number of nitrogens with zero attached hydrogens (tertiary/aromatic N) is 2. The van der Waals surface area contributed by atoms with Crippen LogP contribution in [0.5, 0.6) is 5.75 Å². The average molecular weight is 317 g/mol. The monoisotopic (exact) mass is 317 g/mol. The van der Waals surface area contributed by atoms with E-state index in [-0.39, 0.29) is 11.9 Å². The molecule has 1 saturated heterocycles. The van der Waals surface area contributed by atoms with E-state index in [4.69, 9.17) is 4.74 Å². The Kier molecular flexibility index (Phi) is 5.18. The number of hydrogen-bond acceptors (Lipinski definition) is 4. The van der Waals surface area contributed by atoms with Crippen LogP contribution in [-0.2, 0) is 11.3 Å². The summed E-state index contributed by atoms with van der Waals surface area (Å²) in [5.41, 5.74) is 1.28. The number of piperazine rings is 1. The van der Waals surface area contributed by atoms with Crippen molar-refractivity contribution in [2.75, 3.05) is 33.3 Å². The van der Waals surface area contributed by atoms with Gasteiger partial charge in [0.2, 0.25) is 5.91 Å². The summed E-state index contributed by atoms with van der Waals surface area (Å²) in [5, 5.41) is 3.11. The Hall–Kier alpha value is -1.59. The summed E-state index contributed by atoms with van der Waals surface area (Å²) in [7, 11) is 1.70. The molecule has 1 aliphatic heterocycles. The van der Waals surface area contributed by atoms with Gasteiger partial charge < -0.3 is 10.1 Å². The fourth-order valence-electron chi connectivity index (χ4n) is 3.05. The highest BCUT2D eigenvalue weighted by Crippen LogP contribution is 2.20. The second-order valence-corrected chi connectivity index (χ2v) is 6.62. The molecule has 5 heteroatoms. The minimum absolute atomic E-state index is 0.0189. The second-order valence-electron chi connectivity index (χ2n) is 6.62. The van der Waals surface area contributed by atoms with Crippen LogP contribution in [0.15, 0.2) is 24.3 Å². The summed E-state index contributed by atoms with van der Waals surface area (Å²) >= 11 is 0. The van der Waals surface area contributed by atoms with Crippen molar-refractivity contribution in [1.29, 1.82) is 0 Å². The molecule has 1 amide bonds. The molecule has 126 valence electrons. The molecule has 0 spiro atoms. The van der Waals surface area contributed by atoms with Crippen molar-refractivity contribution in [1.82, 2.24) is 15.1 Å². The summed E-state index contributed by atoms with van der Waals surface area (Å²) < 4.78 is 5.28. The summed E-state index contributed by atoms with van der Waals surface area (Å²) in [6.45, 7) is 6.85. The van der Waals surface area contributed by atoms with Gasteiger partial charge in [-0.05, 0) is 37.5 Å². The fraction of sp³-hybridized carbons (Fsp3) is 0.611. The first kappa shape index (κ1) is 16.3. The molecule has 0 radical (unpaired) electrons. The molecule has 1 N–H and O–H groups in total. The number of hydrogen-bond donors (Lipinski definition) is 1. The van der Waals surface area contributed by atoms with Crippen molar-refractivity contribution in [2.24, 2.45) is 0 Å². The Labute approximate surface area is 138 Å². The Bertz CT molecular complexity index is 537. The maximum atomic E-state index is 12.2. The summed E-state index contributed by atoms with van der Waals surface area (Å²) in [6, 6.07) is 8.67. The van der Waals surface area contributed by atoms with E-state index in [0.717, 1.165) is 51.3 Å². The van der Waals surface area contributed by atoms with Crippen LogP contribution in [0.1, 0.15) is 25.3 Å². The first-order valence-electron chi connectivity index (χ1n) is 8.55. The Balaban J connectivity index is 1.46. The van der Waals surface area contributed by atoms with Gasteiger partial charge in [0.25, 0.3) is 0 Å². The number of ether oxygens (including phenoxy) is 1. The molecule has 0 aromatic heterocycles. The van der Waals surface area contributed by atoms with E-state index in [2.05, 4.69) is 27.2 Å². The molecule has 2 fully saturated rings. The zero-order valence-electron chi connectivity index (χ0n) is 14.1. The van der Waals surface area contributed by atoms with Gasteiger partial charge in [-0.15, -0.1) is 0 Å². The van der Waals surface area contributed by atoms with Crippen LogP contribution in [0.4, 0.5) is 0 Å². The number of carbonyl (C=O) groups is 1. The minimum Gasteiger partial charge on any atom is -0.497 e. The largest absolute Gasteiger partial charge is 0.497 e. The van der Waals surface area contributed by atoms with E-state index >= 15 is 0 Å². The van der Waals surface area contributed by atoms with Gasteiger partial charge >= 0.3 is 0 Å². The Morgan fingerprint density at radius 3 is 2.70 bits per heavy atom. The lowest BCUT2D eigenvalue weighted by molar-refractivity contribution is -0.126. The molecule has 1 atom stereocenters. The average Bonchev–Trinajstić information content (AvgIpc) is 3.39. The molecule has 0 bridgehead atoms. The summed E-state index contributed by atoms with van der Waals surface area (Å²) in [4.78, 5) is 16.9. The molecule has 1 aliphatic carbocycles. The zero-order chi connectivity index (χ0) is 16.2. The number of rotatable bonds is 6. The number of carbonyl (C=O) groups excluding carboxylic acids is 1. The van der Waals surface area contributed by atoms with Gasteiger partial charge in [-0.3, -0.25) is 14.6 Å². The van der Waals surface area contributed by atoms with Crippen molar-refractivity contribution in [3.05, 3.63) is 29.8 Å². The highest BCUT2D eigenvalue weighted by molar-refractivity contribution is 5.81. The van der Waals surface area contributed by atoms with Crippen LogP contribution in [0.25, 0.3) is 0 Å². The number of nitrogens with one attached hydrogen (secondary N) is 1. The van der Waals surface area contributed by atoms with E-state index < -0.39 is 0 Å². The smallest absolute Gasteiger partial charge is 0.237 e. The zero-order valence-corrected chi connectivity index (χ0v) is 14.1. The molecule has 2 aliphatic rings. The van der Waals surface area contributed by atoms with Crippen molar-refractivity contribution in [3.8, 4) is 5.75 Å². The highest BCUT2D eigenvalue weighted by Gasteiger charge is 2.29. The third kappa shape index (κ3) is 4.45. The van der Waals surface area contributed by atoms with Crippen LogP contribution in [0, 0.1) is 0 Å². The van der Waals surface area contributed by atoms with Gasteiger partial charge in [-0.1, -0.05) is 12.1 Å². The first-order chi connectivity index (χ1) is 11.2. The van der Waals surface area contributed by atoms with E-state index in [9.17, 15) is 4.79 Å². The van der Waals surface area contributed by atoms with Crippen LogP contribution in [0.3, 0.4) is 0 Å². The fourth-order valence-corrected chi connectivity index (χ4v) is 3.05.